The molecule has 12 heavy (non-hydrogen) atoms. The van der Waals surface area contributed by atoms with Crippen LogP contribution in [0.2, 0.25) is 0 Å². The molecule has 0 fully saturated rings. The molecule has 1 heterocycles. The third-order valence-electron chi connectivity index (χ3n) is 1.23. The average molecular weight is 182 g/mol. The Bertz CT molecular complexity index is 245. The van der Waals surface area contributed by atoms with E-state index in [1.807, 2.05) is 0 Å². The lowest BCUT2D eigenvalue weighted by atomic mass is 10.5. The number of aromatic nitrogens is 2. The van der Waals surface area contributed by atoms with Gasteiger partial charge in [-0.25, -0.2) is 22.5 Å². The van der Waals surface area contributed by atoms with Gasteiger partial charge in [0.1, 0.15) is 5.69 Å². The summed E-state index contributed by atoms with van der Waals surface area (Å²) in [6, 6.07) is 0. The summed E-state index contributed by atoms with van der Waals surface area (Å²) in [6.07, 6.45) is -3.38. The van der Waals surface area contributed by atoms with Gasteiger partial charge in [-0.05, 0) is 0 Å². The van der Waals surface area contributed by atoms with Crippen molar-refractivity contribution in [1.29, 1.82) is 0 Å². The van der Waals surface area contributed by atoms with E-state index in [2.05, 4.69) is 4.98 Å². The van der Waals surface area contributed by atoms with Crippen molar-refractivity contribution in [2.75, 3.05) is 0 Å². The van der Waals surface area contributed by atoms with Crippen LogP contribution in [-0.4, -0.2) is 16.0 Å². The monoisotopic (exact) mass is 182 g/mol. The van der Waals surface area contributed by atoms with E-state index in [-0.39, 0.29) is 0 Å². The first-order chi connectivity index (χ1) is 5.59. The molecule has 0 bridgehead atoms. The lowest BCUT2D eigenvalue weighted by Crippen LogP contribution is -2.03. The molecular weight excluding hydrogens is 176 g/mol. The van der Waals surface area contributed by atoms with Crippen LogP contribution < -0.4 is 0 Å². The van der Waals surface area contributed by atoms with Crippen molar-refractivity contribution in [2.24, 2.45) is 0 Å². The zero-order valence-corrected chi connectivity index (χ0v) is 5.92. The molecule has 1 aromatic heterocycles. The third-order valence-corrected chi connectivity index (χ3v) is 1.23. The van der Waals surface area contributed by atoms with Gasteiger partial charge in [0, 0.05) is 6.20 Å². The Morgan fingerprint density at radius 3 is 2.42 bits per heavy atom. The summed E-state index contributed by atoms with van der Waals surface area (Å²) in [7, 11) is 0. The Balaban J connectivity index is 2.64. The van der Waals surface area contributed by atoms with Crippen molar-refractivity contribution < 1.29 is 17.6 Å². The second-order valence-electron chi connectivity index (χ2n) is 2.19. The molecule has 0 unspecified atom stereocenters. The summed E-state index contributed by atoms with van der Waals surface area (Å²) in [5.74, 6) is 0. The highest BCUT2D eigenvalue weighted by atomic mass is 19.3. The van der Waals surface area contributed by atoms with Gasteiger partial charge in [-0.3, -0.25) is 0 Å². The standard InChI is InChI=1S/C6H6F4N2/c7-5(8)2-12-1-4(6(9)10)11-3-12/h1,3,5-6H,2H2. The SMILES string of the molecule is FC(F)Cn1cnc(C(F)F)c1. The molecule has 0 aromatic carbocycles. The first-order valence-electron chi connectivity index (χ1n) is 3.17. The molecule has 0 aliphatic carbocycles. The van der Waals surface area contributed by atoms with Crippen LogP contribution in [0.3, 0.4) is 0 Å². The van der Waals surface area contributed by atoms with Gasteiger partial charge in [0.2, 0.25) is 0 Å². The molecule has 0 spiro atoms. The van der Waals surface area contributed by atoms with E-state index in [4.69, 9.17) is 0 Å². The quantitative estimate of drug-likeness (QED) is 0.654. The normalized spacial score (nSPS) is 11.5. The van der Waals surface area contributed by atoms with Crippen LogP contribution in [0.5, 0.6) is 0 Å². The highest BCUT2D eigenvalue weighted by Gasteiger charge is 2.11. The summed E-state index contributed by atoms with van der Waals surface area (Å²) >= 11 is 0. The maximum atomic E-state index is 11.9. The summed E-state index contributed by atoms with van der Waals surface area (Å²) in [5, 5.41) is 0. The van der Waals surface area contributed by atoms with E-state index in [9.17, 15) is 17.6 Å². The minimum Gasteiger partial charge on any atom is -0.331 e. The highest BCUT2D eigenvalue weighted by Crippen LogP contribution is 2.15. The number of halogens is 4. The minimum atomic E-state index is -2.70. The number of imidazole rings is 1. The topological polar surface area (TPSA) is 17.8 Å². The van der Waals surface area contributed by atoms with E-state index in [1.54, 1.807) is 0 Å². The Morgan fingerprint density at radius 1 is 1.33 bits per heavy atom. The van der Waals surface area contributed by atoms with E-state index >= 15 is 0 Å². The lowest BCUT2D eigenvalue weighted by molar-refractivity contribution is 0.125. The van der Waals surface area contributed by atoms with Gasteiger partial charge in [0.05, 0.1) is 12.9 Å². The predicted molar refractivity (Wildman–Crippen MR) is 33.2 cm³/mol. The van der Waals surface area contributed by atoms with Gasteiger partial charge < -0.3 is 4.57 Å². The van der Waals surface area contributed by atoms with Crippen LogP contribution in [0.15, 0.2) is 12.5 Å². The minimum absolute atomic E-state index is 0.476. The van der Waals surface area contributed by atoms with Gasteiger partial charge >= 0.3 is 0 Å². The van der Waals surface area contributed by atoms with Crippen LogP contribution in [-0.2, 0) is 6.54 Å². The second-order valence-corrected chi connectivity index (χ2v) is 2.19. The number of alkyl halides is 4. The molecule has 68 valence electrons. The molecule has 1 aromatic rings. The zero-order valence-electron chi connectivity index (χ0n) is 5.92. The van der Waals surface area contributed by atoms with Crippen molar-refractivity contribution in [3.8, 4) is 0 Å². The van der Waals surface area contributed by atoms with Crippen LogP contribution >= 0.6 is 0 Å². The van der Waals surface area contributed by atoms with E-state index in [1.165, 1.54) is 0 Å². The summed E-state index contributed by atoms with van der Waals surface area (Å²) < 4.78 is 48.0. The second kappa shape index (κ2) is 3.55. The predicted octanol–water partition coefficient (Wildman–Crippen LogP) is 2.09. The van der Waals surface area contributed by atoms with Crippen molar-refractivity contribution in [3.05, 3.63) is 18.2 Å². The highest BCUT2D eigenvalue weighted by molar-refractivity contribution is 4.97. The third kappa shape index (κ3) is 2.21. The molecule has 0 saturated heterocycles. The lowest BCUT2D eigenvalue weighted by Gasteiger charge is -1.98. The Morgan fingerprint density at radius 2 is 2.00 bits per heavy atom. The molecule has 0 aliphatic rings. The van der Waals surface area contributed by atoms with Crippen molar-refractivity contribution in [2.45, 2.75) is 19.4 Å². The molecule has 0 amide bonds. The molecule has 0 aliphatic heterocycles. The molecule has 0 N–H and O–H groups in total. The van der Waals surface area contributed by atoms with Gasteiger partial charge in [-0.2, -0.15) is 0 Å². The smallest absolute Gasteiger partial charge is 0.281 e. The average Bonchev–Trinajstić information content (AvgIpc) is 2.34. The Kier molecular flexibility index (Phi) is 2.67. The fourth-order valence-electron chi connectivity index (χ4n) is 0.749. The van der Waals surface area contributed by atoms with Gasteiger partial charge in [-0.1, -0.05) is 0 Å². The first-order valence-corrected chi connectivity index (χ1v) is 3.17. The molecular formula is C6H6F4N2. The fourth-order valence-corrected chi connectivity index (χ4v) is 0.749. The fraction of sp³-hybridized carbons (Fsp3) is 0.500. The zero-order chi connectivity index (χ0) is 9.14. The van der Waals surface area contributed by atoms with Crippen molar-refractivity contribution >= 4 is 0 Å². The maximum Gasteiger partial charge on any atom is 0.281 e. The van der Waals surface area contributed by atoms with Crippen molar-refractivity contribution in [1.82, 2.24) is 9.55 Å². The van der Waals surface area contributed by atoms with Crippen LogP contribution in [0, 0.1) is 0 Å². The van der Waals surface area contributed by atoms with E-state index in [0.717, 1.165) is 17.1 Å². The van der Waals surface area contributed by atoms with E-state index in [0.29, 0.717) is 0 Å². The molecule has 1 rings (SSSR count). The molecule has 0 atom stereocenters. The molecule has 6 heteroatoms. The summed E-state index contributed by atoms with van der Waals surface area (Å²) in [6.45, 7) is -0.597. The van der Waals surface area contributed by atoms with Crippen LogP contribution in [0.25, 0.3) is 0 Å². The Hall–Kier alpha value is -1.07. The molecule has 0 radical (unpaired) electrons. The number of rotatable bonds is 3. The number of hydrogen-bond acceptors (Lipinski definition) is 1. The van der Waals surface area contributed by atoms with Gasteiger partial charge in [0.15, 0.2) is 0 Å². The largest absolute Gasteiger partial charge is 0.331 e. The van der Waals surface area contributed by atoms with E-state index < -0.39 is 25.1 Å². The van der Waals surface area contributed by atoms with Gasteiger partial charge in [-0.15, -0.1) is 0 Å². The first kappa shape index (κ1) is 9.02. The maximum absolute atomic E-state index is 11.9. The molecule has 2 nitrogen and oxygen atoms in total. The van der Waals surface area contributed by atoms with Crippen LogP contribution in [0.4, 0.5) is 17.6 Å². The molecule has 0 saturated carbocycles. The summed E-state index contributed by atoms with van der Waals surface area (Å²) in [4.78, 5) is 3.25. The number of hydrogen-bond donors (Lipinski definition) is 0. The van der Waals surface area contributed by atoms with Crippen LogP contribution in [0.1, 0.15) is 12.1 Å². The van der Waals surface area contributed by atoms with Crippen molar-refractivity contribution in [3.63, 3.8) is 0 Å². The van der Waals surface area contributed by atoms with Gasteiger partial charge in [0.25, 0.3) is 12.9 Å². The number of nitrogens with zero attached hydrogens (tertiary/aromatic N) is 2. The Labute approximate surface area is 65.8 Å². The summed E-state index contributed by atoms with van der Waals surface area (Å²) in [5.41, 5.74) is -0.476.